The van der Waals surface area contributed by atoms with Gasteiger partial charge in [-0.15, -0.1) is 0 Å². The van der Waals surface area contributed by atoms with Crippen LogP contribution < -0.4 is 0 Å². The average Bonchev–Trinajstić information content (AvgIpc) is 2.27. The summed E-state index contributed by atoms with van der Waals surface area (Å²) in [7, 11) is 0. The molecule has 1 fully saturated rings. The SMILES string of the molecule is CC[C@@]1(c2cc(O)cc(F)c2)CCO[C@@H](C)C1. The van der Waals surface area contributed by atoms with Crippen LogP contribution in [0.2, 0.25) is 0 Å². The minimum absolute atomic E-state index is 0.00645. The van der Waals surface area contributed by atoms with Gasteiger partial charge in [0.25, 0.3) is 0 Å². The van der Waals surface area contributed by atoms with Crippen molar-refractivity contribution in [3.05, 3.63) is 29.6 Å². The fourth-order valence-corrected chi connectivity index (χ4v) is 2.83. The highest BCUT2D eigenvalue weighted by atomic mass is 19.1. The lowest BCUT2D eigenvalue weighted by Gasteiger charge is -2.40. The van der Waals surface area contributed by atoms with Crippen LogP contribution in [0.1, 0.15) is 38.7 Å². The van der Waals surface area contributed by atoms with Gasteiger partial charge < -0.3 is 9.84 Å². The average molecular weight is 238 g/mol. The minimum atomic E-state index is -0.369. The second-order valence-electron chi connectivity index (χ2n) is 4.97. The molecular weight excluding hydrogens is 219 g/mol. The molecule has 1 aromatic rings. The van der Waals surface area contributed by atoms with Crippen LogP contribution in [0, 0.1) is 5.82 Å². The lowest BCUT2D eigenvalue weighted by Crippen LogP contribution is -2.37. The molecule has 2 rings (SSSR count). The first-order valence-corrected chi connectivity index (χ1v) is 6.17. The Morgan fingerprint density at radius 3 is 2.82 bits per heavy atom. The van der Waals surface area contributed by atoms with Gasteiger partial charge in [-0.3, -0.25) is 0 Å². The molecule has 0 unspecified atom stereocenters. The molecule has 0 amide bonds. The lowest BCUT2D eigenvalue weighted by atomic mass is 9.70. The first kappa shape index (κ1) is 12.4. The van der Waals surface area contributed by atoms with Gasteiger partial charge in [-0.25, -0.2) is 4.39 Å². The van der Waals surface area contributed by atoms with Gasteiger partial charge >= 0.3 is 0 Å². The molecule has 0 spiro atoms. The summed E-state index contributed by atoms with van der Waals surface area (Å²) in [5.41, 5.74) is 0.838. The molecule has 17 heavy (non-hydrogen) atoms. The van der Waals surface area contributed by atoms with Gasteiger partial charge in [-0.2, -0.15) is 0 Å². The molecule has 3 heteroatoms. The highest BCUT2D eigenvalue weighted by Crippen LogP contribution is 2.41. The fourth-order valence-electron chi connectivity index (χ4n) is 2.83. The summed E-state index contributed by atoms with van der Waals surface area (Å²) in [6, 6.07) is 4.38. The number of phenolic OH excluding ortho intramolecular Hbond substituents is 1. The molecule has 1 aromatic carbocycles. The monoisotopic (exact) mass is 238 g/mol. The molecule has 0 saturated carbocycles. The summed E-state index contributed by atoms with van der Waals surface area (Å²) in [6.07, 6.45) is 2.89. The second-order valence-corrected chi connectivity index (χ2v) is 4.97. The number of aromatic hydroxyl groups is 1. The van der Waals surface area contributed by atoms with Crippen molar-refractivity contribution in [3.8, 4) is 5.75 Å². The number of benzene rings is 1. The van der Waals surface area contributed by atoms with Crippen molar-refractivity contribution in [1.29, 1.82) is 0 Å². The summed E-state index contributed by atoms with van der Waals surface area (Å²) in [5.74, 6) is -0.362. The summed E-state index contributed by atoms with van der Waals surface area (Å²) in [5, 5.41) is 9.53. The van der Waals surface area contributed by atoms with Crippen LogP contribution in [0.4, 0.5) is 4.39 Å². The Balaban J connectivity index is 2.39. The Labute approximate surface area is 101 Å². The van der Waals surface area contributed by atoms with Crippen LogP contribution in [0.15, 0.2) is 18.2 Å². The van der Waals surface area contributed by atoms with Gasteiger partial charge in [0.05, 0.1) is 6.10 Å². The van der Waals surface area contributed by atoms with Gasteiger partial charge in [0.2, 0.25) is 0 Å². The molecule has 0 aromatic heterocycles. The maximum absolute atomic E-state index is 13.4. The van der Waals surface area contributed by atoms with E-state index in [4.69, 9.17) is 4.74 Å². The minimum Gasteiger partial charge on any atom is -0.508 e. The highest BCUT2D eigenvalue weighted by Gasteiger charge is 2.36. The third-order valence-electron chi connectivity index (χ3n) is 3.83. The van der Waals surface area contributed by atoms with E-state index in [1.807, 2.05) is 6.92 Å². The Morgan fingerprint density at radius 2 is 2.24 bits per heavy atom. The Kier molecular flexibility index (Phi) is 3.38. The molecule has 2 nitrogen and oxygen atoms in total. The van der Waals surface area contributed by atoms with Gasteiger partial charge in [0.15, 0.2) is 0 Å². The normalized spacial score (nSPS) is 29.2. The van der Waals surface area contributed by atoms with E-state index >= 15 is 0 Å². The van der Waals surface area contributed by atoms with E-state index in [1.165, 1.54) is 0 Å². The molecule has 0 bridgehead atoms. The highest BCUT2D eigenvalue weighted by molar-refractivity contribution is 5.34. The number of hydrogen-bond donors (Lipinski definition) is 1. The predicted octanol–water partition coefficient (Wildman–Crippen LogP) is 3.38. The third kappa shape index (κ3) is 2.44. The van der Waals surface area contributed by atoms with Crippen LogP contribution >= 0.6 is 0 Å². The van der Waals surface area contributed by atoms with Crippen LogP contribution in [-0.2, 0) is 10.2 Å². The Bertz CT molecular complexity index is 385. The van der Waals surface area contributed by atoms with E-state index in [0.717, 1.165) is 30.9 Å². The number of hydrogen-bond acceptors (Lipinski definition) is 2. The molecule has 1 N–H and O–H groups in total. The van der Waals surface area contributed by atoms with Crippen molar-refractivity contribution in [2.24, 2.45) is 0 Å². The topological polar surface area (TPSA) is 29.5 Å². The number of phenols is 1. The number of halogens is 1. The zero-order chi connectivity index (χ0) is 12.5. The van der Waals surface area contributed by atoms with Crippen LogP contribution in [0.5, 0.6) is 5.75 Å². The molecular formula is C14H19FO2. The molecule has 1 aliphatic heterocycles. The van der Waals surface area contributed by atoms with E-state index in [-0.39, 0.29) is 23.1 Å². The van der Waals surface area contributed by atoms with Crippen molar-refractivity contribution in [2.75, 3.05) is 6.61 Å². The lowest BCUT2D eigenvalue weighted by molar-refractivity contribution is -0.0117. The van der Waals surface area contributed by atoms with Gasteiger partial charge in [0, 0.05) is 12.7 Å². The Morgan fingerprint density at radius 1 is 1.47 bits per heavy atom. The van der Waals surface area contributed by atoms with E-state index in [2.05, 4.69) is 6.92 Å². The zero-order valence-corrected chi connectivity index (χ0v) is 10.4. The van der Waals surface area contributed by atoms with Crippen molar-refractivity contribution in [3.63, 3.8) is 0 Å². The van der Waals surface area contributed by atoms with Crippen molar-refractivity contribution < 1.29 is 14.2 Å². The van der Waals surface area contributed by atoms with Crippen LogP contribution in [0.25, 0.3) is 0 Å². The summed E-state index contributed by atoms with van der Waals surface area (Å²) in [6.45, 7) is 4.86. The van der Waals surface area contributed by atoms with Gasteiger partial charge in [-0.05, 0) is 49.3 Å². The molecule has 1 saturated heterocycles. The van der Waals surface area contributed by atoms with Crippen molar-refractivity contribution in [2.45, 2.75) is 44.6 Å². The molecule has 94 valence electrons. The first-order chi connectivity index (χ1) is 8.05. The molecule has 1 aliphatic rings. The molecule has 2 atom stereocenters. The predicted molar refractivity (Wildman–Crippen MR) is 64.7 cm³/mol. The fraction of sp³-hybridized carbons (Fsp3) is 0.571. The smallest absolute Gasteiger partial charge is 0.127 e. The number of rotatable bonds is 2. The maximum atomic E-state index is 13.4. The maximum Gasteiger partial charge on any atom is 0.127 e. The third-order valence-corrected chi connectivity index (χ3v) is 3.83. The zero-order valence-electron chi connectivity index (χ0n) is 10.4. The van der Waals surface area contributed by atoms with E-state index in [1.54, 1.807) is 12.1 Å². The van der Waals surface area contributed by atoms with Crippen LogP contribution in [-0.4, -0.2) is 17.8 Å². The summed E-state index contributed by atoms with van der Waals surface area (Å²) >= 11 is 0. The largest absolute Gasteiger partial charge is 0.508 e. The van der Waals surface area contributed by atoms with E-state index in [9.17, 15) is 9.50 Å². The molecule has 0 aliphatic carbocycles. The van der Waals surface area contributed by atoms with Gasteiger partial charge in [-0.1, -0.05) is 6.92 Å². The second kappa shape index (κ2) is 4.65. The van der Waals surface area contributed by atoms with E-state index in [0.29, 0.717) is 6.61 Å². The molecule has 1 heterocycles. The molecule has 0 radical (unpaired) electrons. The number of ether oxygens (including phenoxy) is 1. The first-order valence-electron chi connectivity index (χ1n) is 6.17. The summed E-state index contributed by atoms with van der Waals surface area (Å²) in [4.78, 5) is 0. The summed E-state index contributed by atoms with van der Waals surface area (Å²) < 4.78 is 19.0. The quantitative estimate of drug-likeness (QED) is 0.856. The standard InChI is InChI=1S/C14H19FO2/c1-3-14(4-5-17-10(2)9-14)11-6-12(15)8-13(16)7-11/h6-8,10,16H,3-5,9H2,1-2H3/t10-,14+/m0/s1. The van der Waals surface area contributed by atoms with Gasteiger partial charge in [0.1, 0.15) is 11.6 Å². The van der Waals surface area contributed by atoms with Crippen LogP contribution in [0.3, 0.4) is 0 Å². The van der Waals surface area contributed by atoms with Crippen molar-refractivity contribution in [1.82, 2.24) is 0 Å². The van der Waals surface area contributed by atoms with Crippen molar-refractivity contribution >= 4 is 0 Å². The Hall–Kier alpha value is -1.09. The van der Waals surface area contributed by atoms with E-state index < -0.39 is 0 Å².